The van der Waals surface area contributed by atoms with Crippen molar-refractivity contribution in [1.29, 1.82) is 0 Å². The van der Waals surface area contributed by atoms with Crippen LogP contribution in [0.2, 0.25) is 5.02 Å². The lowest BCUT2D eigenvalue weighted by Gasteiger charge is -2.27. The van der Waals surface area contributed by atoms with Crippen molar-refractivity contribution in [2.24, 2.45) is 0 Å². The molecular weight excluding hydrogens is 384 g/mol. The van der Waals surface area contributed by atoms with E-state index in [2.05, 4.69) is 4.98 Å². The maximum atomic E-state index is 13.5. The van der Waals surface area contributed by atoms with Crippen LogP contribution in [0.4, 0.5) is 0 Å². The average molecular weight is 405 g/mol. The van der Waals surface area contributed by atoms with Crippen LogP contribution in [-0.2, 0) is 10.3 Å². The van der Waals surface area contributed by atoms with Gasteiger partial charge in [-0.3, -0.25) is 9.36 Å². The minimum atomic E-state index is -1.41. The quantitative estimate of drug-likeness (QED) is 0.661. The summed E-state index contributed by atoms with van der Waals surface area (Å²) < 4.78 is 1.32. The Kier molecular flexibility index (Phi) is 4.91. The Labute approximate surface area is 166 Å². The maximum Gasteiger partial charge on any atom is 0.329 e. The molecule has 3 aromatic rings. The fourth-order valence-corrected chi connectivity index (χ4v) is 4.12. The number of hydrogen-bond donors (Lipinski definition) is 1. The molecule has 142 valence electrons. The van der Waals surface area contributed by atoms with Crippen LogP contribution in [0.3, 0.4) is 0 Å². The Balaban J connectivity index is 2.41. The molecule has 3 rings (SSSR count). The minimum Gasteiger partial charge on any atom is -0.480 e. The van der Waals surface area contributed by atoms with Crippen LogP contribution in [0.5, 0.6) is 0 Å². The molecule has 0 bridgehead atoms. The van der Waals surface area contributed by atoms with Crippen molar-refractivity contribution in [3.05, 3.63) is 50.3 Å². The maximum absolute atomic E-state index is 13.5. The molecule has 0 saturated heterocycles. The number of halogens is 1. The van der Waals surface area contributed by atoms with Gasteiger partial charge in [-0.25, -0.2) is 9.78 Å². The van der Waals surface area contributed by atoms with Crippen molar-refractivity contribution in [3.63, 3.8) is 0 Å². The first-order valence-electron chi connectivity index (χ1n) is 8.60. The van der Waals surface area contributed by atoms with Crippen LogP contribution in [-0.4, -0.2) is 20.6 Å². The van der Waals surface area contributed by atoms with Gasteiger partial charge in [-0.2, -0.15) is 0 Å². The molecule has 0 fully saturated rings. The van der Waals surface area contributed by atoms with Crippen LogP contribution in [0, 0.1) is 6.92 Å². The molecule has 0 aliphatic carbocycles. The van der Waals surface area contributed by atoms with Gasteiger partial charge in [0.25, 0.3) is 5.56 Å². The van der Waals surface area contributed by atoms with E-state index in [1.54, 1.807) is 6.07 Å². The van der Waals surface area contributed by atoms with E-state index in [0.717, 1.165) is 16.7 Å². The molecule has 0 unspecified atom stereocenters. The van der Waals surface area contributed by atoms with Crippen molar-refractivity contribution in [1.82, 2.24) is 9.55 Å². The van der Waals surface area contributed by atoms with Gasteiger partial charge in [-0.1, -0.05) is 31.5 Å². The second-order valence-electron chi connectivity index (χ2n) is 7.42. The SMILES string of the molecule is Cc1cc(-c2csc3nc(C(C)C)n(C(C)(C)C(=O)O)c(=O)c23)ccc1Cl. The van der Waals surface area contributed by atoms with Crippen LogP contribution in [0.15, 0.2) is 28.4 Å². The summed E-state index contributed by atoms with van der Waals surface area (Å²) in [5.41, 5.74) is 0.774. The van der Waals surface area contributed by atoms with Gasteiger partial charge in [0.1, 0.15) is 16.2 Å². The standard InChI is InChI=1S/C20H21ClN2O3S/c1-10(2)16-22-17-15(18(24)23(16)20(4,5)19(25)26)13(9-27-17)12-6-7-14(21)11(3)8-12/h6-10H,1-5H3,(H,25,26). The normalized spacial score (nSPS) is 12.1. The van der Waals surface area contributed by atoms with Crippen LogP contribution >= 0.6 is 22.9 Å². The average Bonchev–Trinajstić information content (AvgIpc) is 3.01. The van der Waals surface area contributed by atoms with Gasteiger partial charge < -0.3 is 5.11 Å². The zero-order valence-electron chi connectivity index (χ0n) is 15.8. The van der Waals surface area contributed by atoms with Gasteiger partial charge in [0.2, 0.25) is 0 Å². The highest BCUT2D eigenvalue weighted by Gasteiger charge is 2.35. The van der Waals surface area contributed by atoms with Crippen molar-refractivity contribution in [2.45, 2.75) is 46.1 Å². The summed E-state index contributed by atoms with van der Waals surface area (Å²) in [7, 11) is 0. The number of carbonyl (C=O) groups is 1. The number of benzene rings is 1. The first-order chi connectivity index (χ1) is 12.6. The molecule has 0 radical (unpaired) electrons. The van der Waals surface area contributed by atoms with E-state index >= 15 is 0 Å². The smallest absolute Gasteiger partial charge is 0.329 e. The molecule has 27 heavy (non-hydrogen) atoms. The molecule has 0 atom stereocenters. The molecule has 0 aliphatic rings. The number of aryl methyl sites for hydroxylation is 1. The summed E-state index contributed by atoms with van der Waals surface area (Å²) in [6.45, 7) is 8.75. The van der Waals surface area contributed by atoms with E-state index in [0.29, 0.717) is 21.1 Å². The lowest BCUT2D eigenvalue weighted by Crippen LogP contribution is -2.45. The summed E-state index contributed by atoms with van der Waals surface area (Å²) in [5, 5.41) is 12.7. The molecule has 0 spiro atoms. The summed E-state index contributed by atoms with van der Waals surface area (Å²) >= 11 is 7.51. The molecule has 1 aromatic carbocycles. The first kappa shape index (κ1) is 19.6. The Morgan fingerprint density at radius 3 is 2.56 bits per heavy atom. The first-order valence-corrected chi connectivity index (χ1v) is 9.86. The third kappa shape index (κ3) is 3.17. The van der Waals surface area contributed by atoms with E-state index < -0.39 is 11.5 Å². The fraction of sp³-hybridized carbons (Fsp3) is 0.350. The predicted octanol–water partition coefficient (Wildman–Crippen LogP) is 5.03. The Morgan fingerprint density at radius 2 is 2.00 bits per heavy atom. The summed E-state index contributed by atoms with van der Waals surface area (Å²) in [5.74, 6) is -0.698. The van der Waals surface area contributed by atoms with Gasteiger partial charge in [0.05, 0.1) is 5.39 Å². The molecule has 0 aliphatic heterocycles. The van der Waals surface area contributed by atoms with Crippen LogP contribution in [0.25, 0.3) is 21.3 Å². The van der Waals surface area contributed by atoms with Gasteiger partial charge >= 0.3 is 5.97 Å². The number of fused-ring (bicyclic) bond motifs is 1. The number of thiophene rings is 1. The third-order valence-corrected chi connectivity index (χ3v) is 6.00. The summed E-state index contributed by atoms with van der Waals surface area (Å²) in [6, 6.07) is 5.58. The number of aromatic nitrogens is 2. The zero-order chi connectivity index (χ0) is 20.1. The van der Waals surface area contributed by atoms with Crippen molar-refractivity contribution < 1.29 is 9.90 Å². The highest BCUT2D eigenvalue weighted by Crippen LogP contribution is 2.34. The van der Waals surface area contributed by atoms with Crippen molar-refractivity contribution in [2.75, 3.05) is 0 Å². The van der Waals surface area contributed by atoms with E-state index in [-0.39, 0.29) is 11.5 Å². The Morgan fingerprint density at radius 1 is 1.33 bits per heavy atom. The highest BCUT2D eigenvalue weighted by molar-refractivity contribution is 7.17. The van der Waals surface area contributed by atoms with Crippen molar-refractivity contribution in [3.8, 4) is 11.1 Å². The van der Waals surface area contributed by atoms with E-state index in [4.69, 9.17) is 11.6 Å². The molecule has 0 saturated carbocycles. The largest absolute Gasteiger partial charge is 0.480 e. The van der Waals surface area contributed by atoms with E-state index in [9.17, 15) is 14.7 Å². The molecule has 0 amide bonds. The highest BCUT2D eigenvalue weighted by atomic mass is 35.5. The van der Waals surface area contributed by atoms with E-state index in [1.165, 1.54) is 29.8 Å². The lowest BCUT2D eigenvalue weighted by molar-refractivity contribution is -0.146. The van der Waals surface area contributed by atoms with Gasteiger partial charge in [-0.15, -0.1) is 11.3 Å². The molecule has 7 heteroatoms. The summed E-state index contributed by atoms with van der Waals surface area (Å²) in [4.78, 5) is 30.6. The number of nitrogens with zero attached hydrogens (tertiary/aromatic N) is 2. The molecule has 1 N–H and O–H groups in total. The number of aliphatic carboxylic acids is 1. The van der Waals surface area contributed by atoms with Crippen molar-refractivity contribution >= 4 is 39.1 Å². The number of rotatable bonds is 4. The minimum absolute atomic E-state index is 0.0935. The Hall–Kier alpha value is -2.18. The molecule has 5 nitrogen and oxygen atoms in total. The lowest BCUT2D eigenvalue weighted by atomic mass is 10.0. The number of carboxylic acids is 1. The zero-order valence-corrected chi connectivity index (χ0v) is 17.4. The topological polar surface area (TPSA) is 72.2 Å². The summed E-state index contributed by atoms with van der Waals surface area (Å²) in [6.07, 6.45) is 0. The molecule has 2 heterocycles. The molecule has 2 aromatic heterocycles. The van der Waals surface area contributed by atoms with Crippen LogP contribution in [0.1, 0.15) is 45.0 Å². The van der Waals surface area contributed by atoms with Gasteiger partial charge in [0, 0.05) is 21.9 Å². The van der Waals surface area contributed by atoms with Gasteiger partial charge in [0.15, 0.2) is 0 Å². The number of hydrogen-bond acceptors (Lipinski definition) is 4. The van der Waals surface area contributed by atoms with Gasteiger partial charge in [-0.05, 0) is 44.0 Å². The fourth-order valence-electron chi connectivity index (χ4n) is 3.05. The van der Waals surface area contributed by atoms with Crippen LogP contribution < -0.4 is 5.56 Å². The van der Waals surface area contributed by atoms with E-state index in [1.807, 2.05) is 38.3 Å². The second-order valence-corrected chi connectivity index (χ2v) is 8.69. The second kappa shape index (κ2) is 6.77. The number of carboxylic acid groups (broad SMARTS) is 1. The third-order valence-electron chi connectivity index (χ3n) is 4.70. The Bertz CT molecular complexity index is 1110. The molecular formula is C20H21ClN2O3S. The monoisotopic (exact) mass is 404 g/mol. The predicted molar refractivity (Wildman–Crippen MR) is 110 cm³/mol.